The number of rotatable bonds is 14. The van der Waals surface area contributed by atoms with Crippen LogP contribution >= 0.6 is 0 Å². The molecular weight excluding hydrogens is 450 g/mol. The maximum atomic E-state index is 11.2. The van der Waals surface area contributed by atoms with Crippen LogP contribution in [0.1, 0.15) is 12.8 Å². The summed E-state index contributed by atoms with van der Waals surface area (Å²) < 4.78 is 0. The summed E-state index contributed by atoms with van der Waals surface area (Å²) >= 11 is 0. The largest absolute Gasteiger partial charge is 0.379 e. The molecule has 0 aromatic heterocycles. The van der Waals surface area contributed by atoms with Gasteiger partial charge in [-0.1, -0.05) is 11.2 Å². The number of hydrogen-bond donors (Lipinski definition) is 2. The summed E-state index contributed by atoms with van der Waals surface area (Å²) in [4.78, 5) is 36.0. The van der Waals surface area contributed by atoms with Crippen molar-refractivity contribution in [3.8, 4) is 0 Å². The van der Waals surface area contributed by atoms with Crippen LogP contribution in [0.25, 0.3) is 10.4 Å². The summed E-state index contributed by atoms with van der Waals surface area (Å²) in [5.74, 6) is 0. The molecule has 0 bridgehead atoms. The van der Waals surface area contributed by atoms with Crippen molar-refractivity contribution in [2.24, 2.45) is 5.11 Å². The van der Waals surface area contributed by atoms with Crippen molar-refractivity contribution in [1.82, 2.24) is 4.90 Å². The van der Waals surface area contributed by atoms with E-state index < -0.39 is 14.8 Å². The Balaban J connectivity index is 1.75. The van der Waals surface area contributed by atoms with Crippen LogP contribution in [0.5, 0.6) is 0 Å². The van der Waals surface area contributed by atoms with Gasteiger partial charge in [-0.25, -0.2) is 0 Å². The molecule has 0 fully saturated rings. The number of hydrogen-bond acceptors (Lipinski definition) is 10. The Bertz CT molecular complexity index is 1030. The van der Waals surface area contributed by atoms with Gasteiger partial charge in [0.05, 0.1) is 20.8 Å². The van der Waals surface area contributed by atoms with Crippen molar-refractivity contribution in [2.45, 2.75) is 12.8 Å². The molecule has 2 aromatic rings. The third-order valence-corrected chi connectivity index (χ3v) is 4.79. The fraction of sp³-hybridized carbons (Fsp3) is 0.368. The quantitative estimate of drug-likeness (QED) is 0.0980. The highest BCUT2D eigenvalue weighted by Crippen LogP contribution is 2.30. The van der Waals surface area contributed by atoms with Gasteiger partial charge in [0.1, 0.15) is 11.4 Å². The standard InChI is InChI=1S/C19H23N9O6/c1-25(10-2-8-21-16-6-4-14(23-24-20)12-18(16)27(31)32)11-3-9-22-17-7-5-15(26(29)30)13-19(17)28(33)34/h4-7,12-13,21-22H,2-3,8-11H2,1H3. The van der Waals surface area contributed by atoms with Gasteiger partial charge in [-0.3, -0.25) is 30.3 Å². The molecule has 180 valence electrons. The number of nitrogens with zero attached hydrogens (tertiary/aromatic N) is 7. The van der Waals surface area contributed by atoms with Crippen LogP contribution in [-0.4, -0.2) is 52.9 Å². The second kappa shape index (κ2) is 12.5. The van der Waals surface area contributed by atoms with Crippen LogP contribution in [-0.2, 0) is 0 Å². The van der Waals surface area contributed by atoms with E-state index in [-0.39, 0.29) is 28.4 Å². The molecule has 0 spiro atoms. The molecule has 0 aliphatic carbocycles. The summed E-state index contributed by atoms with van der Waals surface area (Å²) in [5, 5.41) is 42.5. The van der Waals surface area contributed by atoms with Crippen LogP contribution in [0.3, 0.4) is 0 Å². The maximum Gasteiger partial charge on any atom is 0.299 e. The molecule has 0 aliphatic heterocycles. The van der Waals surface area contributed by atoms with E-state index in [0.29, 0.717) is 44.7 Å². The van der Waals surface area contributed by atoms with Gasteiger partial charge in [-0.2, -0.15) is 0 Å². The first-order chi connectivity index (χ1) is 16.2. The molecule has 2 rings (SSSR count). The van der Waals surface area contributed by atoms with Crippen molar-refractivity contribution in [2.75, 3.05) is 43.9 Å². The molecule has 2 aromatic carbocycles. The molecule has 0 aliphatic rings. The molecule has 0 saturated heterocycles. The van der Waals surface area contributed by atoms with Gasteiger partial charge in [0.15, 0.2) is 0 Å². The first-order valence-corrected chi connectivity index (χ1v) is 10.2. The number of azide groups is 1. The second-order valence-electron chi connectivity index (χ2n) is 7.23. The minimum absolute atomic E-state index is 0.159. The van der Waals surface area contributed by atoms with Crippen LogP contribution in [0, 0.1) is 30.3 Å². The Hall–Kier alpha value is -4.49. The Kier molecular flexibility index (Phi) is 9.49. The van der Waals surface area contributed by atoms with Gasteiger partial charge in [-0.05, 0) is 50.6 Å². The first kappa shape index (κ1) is 25.8. The highest BCUT2D eigenvalue weighted by atomic mass is 16.6. The Morgan fingerprint density at radius 2 is 1.41 bits per heavy atom. The van der Waals surface area contributed by atoms with Gasteiger partial charge in [-0.15, -0.1) is 0 Å². The van der Waals surface area contributed by atoms with E-state index in [9.17, 15) is 30.3 Å². The predicted molar refractivity (Wildman–Crippen MR) is 125 cm³/mol. The summed E-state index contributed by atoms with van der Waals surface area (Å²) in [6.45, 7) is 2.31. The third-order valence-electron chi connectivity index (χ3n) is 4.79. The number of non-ortho nitro benzene ring substituents is 1. The van der Waals surface area contributed by atoms with Crippen molar-refractivity contribution in [3.05, 3.63) is 77.2 Å². The van der Waals surface area contributed by atoms with E-state index in [1.165, 1.54) is 30.3 Å². The molecule has 0 saturated carbocycles. The van der Waals surface area contributed by atoms with E-state index in [2.05, 4.69) is 20.7 Å². The maximum absolute atomic E-state index is 11.2. The third kappa shape index (κ3) is 7.58. The van der Waals surface area contributed by atoms with Gasteiger partial charge in [0.25, 0.3) is 17.1 Å². The number of nitrogens with one attached hydrogen (secondary N) is 2. The van der Waals surface area contributed by atoms with Crippen molar-refractivity contribution >= 4 is 34.1 Å². The Morgan fingerprint density at radius 1 is 0.882 bits per heavy atom. The van der Waals surface area contributed by atoms with E-state index in [4.69, 9.17) is 5.53 Å². The van der Waals surface area contributed by atoms with E-state index in [0.717, 1.165) is 6.07 Å². The van der Waals surface area contributed by atoms with Crippen molar-refractivity contribution < 1.29 is 14.8 Å². The summed E-state index contributed by atoms with van der Waals surface area (Å²) in [5.41, 5.74) is 8.29. The van der Waals surface area contributed by atoms with Crippen LogP contribution in [0.4, 0.5) is 34.1 Å². The van der Waals surface area contributed by atoms with Crippen molar-refractivity contribution in [1.29, 1.82) is 0 Å². The van der Waals surface area contributed by atoms with Crippen LogP contribution in [0.2, 0.25) is 0 Å². The van der Waals surface area contributed by atoms with Gasteiger partial charge in [0.2, 0.25) is 0 Å². The molecule has 0 atom stereocenters. The smallest absolute Gasteiger partial charge is 0.299 e. The lowest BCUT2D eigenvalue weighted by atomic mass is 10.2. The van der Waals surface area contributed by atoms with E-state index >= 15 is 0 Å². The molecule has 0 unspecified atom stereocenters. The normalized spacial score (nSPS) is 10.4. The number of nitro groups is 3. The SMILES string of the molecule is CN(CCCNc1ccc(N=[N+]=[N-])cc1[N+](=O)[O-])CCCNc1ccc([N+](=O)[O-])cc1[N+](=O)[O-]. The lowest BCUT2D eigenvalue weighted by Crippen LogP contribution is -2.24. The highest BCUT2D eigenvalue weighted by Gasteiger charge is 2.19. The lowest BCUT2D eigenvalue weighted by molar-refractivity contribution is -0.393. The average Bonchev–Trinajstić information content (AvgIpc) is 2.80. The monoisotopic (exact) mass is 473 g/mol. The number of anilines is 2. The lowest BCUT2D eigenvalue weighted by Gasteiger charge is -2.17. The average molecular weight is 473 g/mol. The van der Waals surface area contributed by atoms with Crippen LogP contribution in [0.15, 0.2) is 41.5 Å². The van der Waals surface area contributed by atoms with Gasteiger partial charge >= 0.3 is 0 Å². The molecule has 34 heavy (non-hydrogen) atoms. The Morgan fingerprint density at radius 3 is 1.91 bits per heavy atom. The predicted octanol–water partition coefficient (Wildman–Crippen LogP) is 4.59. The summed E-state index contributed by atoms with van der Waals surface area (Å²) in [6, 6.07) is 7.65. The zero-order chi connectivity index (χ0) is 25.1. The second-order valence-corrected chi connectivity index (χ2v) is 7.23. The molecule has 2 N–H and O–H groups in total. The Labute approximate surface area is 193 Å². The van der Waals surface area contributed by atoms with E-state index in [1.54, 1.807) is 0 Å². The first-order valence-electron chi connectivity index (χ1n) is 10.2. The topological polar surface area (TPSA) is 205 Å². The highest BCUT2D eigenvalue weighted by molar-refractivity contribution is 5.66. The van der Waals surface area contributed by atoms with Gasteiger partial charge < -0.3 is 15.5 Å². The van der Waals surface area contributed by atoms with Crippen LogP contribution < -0.4 is 10.6 Å². The zero-order valence-corrected chi connectivity index (χ0v) is 18.3. The molecule has 0 heterocycles. The number of benzene rings is 2. The fourth-order valence-electron chi connectivity index (χ4n) is 3.12. The van der Waals surface area contributed by atoms with Crippen molar-refractivity contribution in [3.63, 3.8) is 0 Å². The minimum atomic E-state index is -0.683. The molecule has 0 amide bonds. The zero-order valence-electron chi connectivity index (χ0n) is 18.3. The molecule has 0 radical (unpaired) electrons. The molecule has 15 heteroatoms. The summed E-state index contributed by atoms with van der Waals surface area (Å²) in [7, 11) is 1.91. The van der Waals surface area contributed by atoms with E-state index in [1.807, 2.05) is 11.9 Å². The molecule has 15 nitrogen and oxygen atoms in total. The summed E-state index contributed by atoms with van der Waals surface area (Å²) in [6.07, 6.45) is 1.37. The fourth-order valence-corrected chi connectivity index (χ4v) is 3.12. The minimum Gasteiger partial charge on any atom is -0.379 e. The number of nitro benzene ring substituents is 3. The molecular formula is C19H23N9O6. The van der Waals surface area contributed by atoms with Gasteiger partial charge in [0, 0.05) is 35.8 Å².